The number of aromatic nitrogens is 2. The molecule has 0 saturated carbocycles. The van der Waals surface area contributed by atoms with E-state index < -0.39 is 0 Å². The first-order valence-electron chi connectivity index (χ1n) is 4.25. The van der Waals surface area contributed by atoms with E-state index in [-0.39, 0.29) is 5.97 Å². The monoisotopic (exact) mass is 182 g/mol. The first-order valence-corrected chi connectivity index (χ1v) is 4.25. The van der Waals surface area contributed by atoms with Crippen LogP contribution >= 0.6 is 0 Å². The lowest BCUT2D eigenvalue weighted by atomic mass is 10.2. The van der Waals surface area contributed by atoms with Crippen molar-refractivity contribution in [2.75, 3.05) is 6.61 Å². The fourth-order valence-corrected chi connectivity index (χ4v) is 1.25. The van der Waals surface area contributed by atoms with Crippen molar-refractivity contribution >= 4 is 5.97 Å². The number of rotatable bonds is 2. The van der Waals surface area contributed by atoms with Crippen molar-refractivity contribution in [2.45, 2.75) is 20.8 Å². The molecule has 0 amide bonds. The predicted octanol–water partition coefficient (Wildman–Crippen LogP) is 1.21. The van der Waals surface area contributed by atoms with Crippen molar-refractivity contribution in [1.29, 1.82) is 0 Å². The van der Waals surface area contributed by atoms with Crippen LogP contribution in [0.4, 0.5) is 0 Å². The molecule has 4 heteroatoms. The zero-order valence-electron chi connectivity index (χ0n) is 8.42. The number of aryl methyl sites for hydroxylation is 2. The fourth-order valence-electron chi connectivity index (χ4n) is 1.25. The number of esters is 1. The highest BCUT2D eigenvalue weighted by Gasteiger charge is 2.17. The Balaban J connectivity index is 3.06. The first-order chi connectivity index (χ1) is 6.07. The molecule has 0 saturated heterocycles. The van der Waals surface area contributed by atoms with Gasteiger partial charge in [-0.2, -0.15) is 5.10 Å². The standard InChI is InChI=1S/C9H14N2O2/c1-5-13-9(12)8-6(2)7(3)10-11(8)4/h5H2,1-4H3. The summed E-state index contributed by atoms with van der Waals surface area (Å²) >= 11 is 0. The molecule has 4 nitrogen and oxygen atoms in total. The van der Waals surface area contributed by atoms with Crippen LogP contribution in [0.25, 0.3) is 0 Å². The summed E-state index contributed by atoms with van der Waals surface area (Å²) in [5, 5.41) is 4.13. The van der Waals surface area contributed by atoms with Crippen LogP contribution in [0.1, 0.15) is 28.7 Å². The van der Waals surface area contributed by atoms with Gasteiger partial charge < -0.3 is 4.74 Å². The largest absolute Gasteiger partial charge is 0.461 e. The SMILES string of the molecule is CCOC(=O)c1c(C)c(C)nn1C. The maximum Gasteiger partial charge on any atom is 0.356 e. The highest BCUT2D eigenvalue weighted by Crippen LogP contribution is 2.12. The van der Waals surface area contributed by atoms with E-state index in [0.29, 0.717) is 12.3 Å². The number of carbonyl (C=O) groups is 1. The average Bonchev–Trinajstić information content (AvgIpc) is 2.27. The molecule has 0 aliphatic heterocycles. The van der Waals surface area contributed by atoms with Crippen LogP contribution in [0.5, 0.6) is 0 Å². The Labute approximate surface area is 77.5 Å². The summed E-state index contributed by atoms with van der Waals surface area (Å²) in [6, 6.07) is 0. The quantitative estimate of drug-likeness (QED) is 0.646. The van der Waals surface area contributed by atoms with E-state index in [1.165, 1.54) is 0 Å². The van der Waals surface area contributed by atoms with Crippen molar-refractivity contribution in [2.24, 2.45) is 7.05 Å². The van der Waals surface area contributed by atoms with Gasteiger partial charge in [0.25, 0.3) is 0 Å². The van der Waals surface area contributed by atoms with Crippen molar-refractivity contribution in [1.82, 2.24) is 9.78 Å². The Hall–Kier alpha value is -1.32. The molecule has 1 heterocycles. The summed E-state index contributed by atoms with van der Waals surface area (Å²) in [5.41, 5.74) is 2.30. The third-order valence-corrected chi connectivity index (χ3v) is 1.99. The van der Waals surface area contributed by atoms with Crippen LogP contribution in [0.15, 0.2) is 0 Å². The number of nitrogens with zero attached hydrogens (tertiary/aromatic N) is 2. The molecular weight excluding hydrogens is 168 g/mol. The Kier molecular flexibility index (Phi) is 2.70. The van der Waals surface area contributed by atoms with Crippen molar-refractivity contribution in [3.63, 3.8) is 0 Å². The summed E-state index contributed by atoms with van der Waals surface area (Å²) in [5.74, 6) is -0.303. The summed E-state index contributed by atoms with van der Waals surface area (Å²) in [4.78, 5) is 11.4. The maximum atomic E-state index is 11.4. The van der Waals surface area contributed by atoms with Crippen LogP contribution in [-0.4, -0.2) is 22.4 Å². The normalized spacial score (nSPS) is 10.2. The lowest BCUT2D eigenvalue weighted by molar-refractivity contribution is 0.0513. The van der Waals surface area contributed by atoms with Gasteiger partial charge >= 0.3 is 5.97 Å². The van der Waals surface area contributed by atoms with Gasteiger partial charge in [-0.05, 0) is 20.8 Å². The van der Waals surface area contributed by atoms with Gasteiger partial charge in [0.1, 0.15) is 5.69 Å². The average molecular weight is 182 g/mol. The Bertz CT molecular complexity index is 329. The summed E-state index contributed by atoms with van der Waals surface area (Å²) in [6.07, 6.45) is 0. The first kappa shape index (κ1) is 9.77. The van der Waals surface area contributed by atoms with E-state index in [0.717, 1.165) is 11.3 Å². The summed E-state index contributed by atoms with van der Waals surface area (Å²) in [6.45, 7) is 5.92. The van der Waals surface area contributed by atoms with Gasteiger partial charge in [0, 0.05) is 12.6 Å². The second-order valence-corrected chi connectivity index (χ2v) is 2.90. The molecule has 1 aromatic heterocycles. The second-order valence-electron chi connectivity index (χ2n) is 2.90. The zero-order valence-corrected chi connectivity index (χ0v) is 8.42. The summed E-state index contributed by atoms with van der Waals surface area (Å²) in [7, 11) is 1.74. The fraction of sp³-hybridized carbons (Fsp3) is 0.556. The lowest BCUT2D eigenvalue weighted by Gasteiger charge is -2.02. The minimum absolute atomic E-state index is 0.303. The molecule has 0 spiro atoms. The van der Waals surface area contributed by atoms with Crippen LogP contribution in [0.3, 0.4) is 0 Å². The van der Waals surface area contributed by atoms with E-state index >= 15 is 0 Å². The third-order valence-electron chi connectivity index (χ3n) is 1.99. The van der Waals surface area contributed by atoms with Crippen molar-refractivity contribution in [3.05, 3.63) is 17.0 Å². The van der Waals surface area contributed by atoms with E-state index in [9.17, 15) is 4.79 Å². The van der Waals surface area contributed by atoms with Crippen molar-refractivity contribution < 1.29 is 9.53 Å². The number of hydrogen-bond donors (Lipinski definition) is 0. The minimum Gasteiger partial charge on any atom is -0.461 e. The molecule has 0 aliphatic carbocycles. The highest BCUT2D eigenvalue weighted by molar-refractivity contribution is 5.89. The lowest BCUT2D eigenvalue weighted by Crippen LogP contribution is -2.11. The number of ether oxygens (including phenoxy) is 1. The van der Waals surface area contributed by atoms with Crippen LogP contribution in [-0.2, 0) is 11.8 Å². The predicted molar refractivity (Wildman–Crippen MR) is 48.6 cm³/mol. The maximum absolute atomic E-state index is 11.4. The molecule has 0 fully saturated rings. The van der Waals surface area contributed by atoms with Crippen LogP contribution in [0.2, 0.25) is 0 Å². The molecule has 0 N–H and O–H groups in total. The smallest absolute Gasteiger partial charge is 0.356 e. The molecule has 0 radical (unpaired) electrons. The Morgan fingerprint density at radius 3 is 2.54 bits per heavy atom. The van der Waals surface area contributed by atoms with Gasteiger partial charge in [-0.25, -0.2) is 4.79 Å². The van der Waals surface area contributed by atoms with Crippen molar-refractivity contribution in [3.8, 4) is 0 Å². The van der Waals surface area contributed by atoms with Crippen LogP contribution in [0, 0.1) is 13.8 Å². The molecule has 13 heavy (non-hydrogen) atoms. The highest BCUT2D eigenvalue weighted by atomic mass is 16.5. The number of carbonyl (C=O) groups excluding carboxylic acids is 1. The number of hydrogen-bond acceptors (Lipinski definition) is 3. The molecule has 0 unspecified atom stereocenters. The van der Waals surface area contributed by atoms with Gasteiger partial charge in [-0.15, -0.1) is 0 Å². The molecule has 0 atom stereocenters. The van der Waals surface area contributed by atoms with Gasteiger partial charge in [0.05, 0.1) is 12.3 Å². The molecule has 72 valence electrons. The third kappa shape index (κ3) is 1.71. The molecule has 1 aromatic rings. The van der Waals surface area contributed by atoms with Crippen LogP contribution < -0.4 is 0 Å². The molecule has 0 aromatic carbocycles. The van der Waals surface area contributed by atoms with Gasteiger partial charge in [0.15, 0.2) is 0 Å². The molecule has 1 rings (SSSR count). The van der Waals surface area contributed by atoms with Gasteiger partial charge in [-0.3, -0.25) is 4.68 Å². The summed E-state index contributed by atoms with van der Waals surface area (Å²) < 4.78 is 6.46. The minimum atomic E-state index is -0.303. The Morgan fingerprint density at radius 2 is 2.15 bits per heavy atom. The Morgan fingerprint density at radius 1 is 1.54 bits per heavy atom. The van der Waals surface area contributed by atoms with Gasteiger partial charge in [-0.1, -0.05) is 0 Å². The molecule has 0 bridgehead atoms. The zero-order chi connectivity index (χ0) is 10.0. The molecular formula is C9H14N2O2. The topological polar surface area (TPSA) is 44.1 Å². The molecule has 0 aliphatic rings. The second kappa shape index (κ2) is 3.60. The van der Waals surface area contributed by atoms with Gasteiger partial charge in [0.2, 0.25) is 0 Å². The van der Waals surface area contributed by atoms with E-state index in [1.807, 2.05) is 13.8 Å². The van der Waals surface area contributed by atoms with E-state index in [2.05, 4.69) is 5.10 Å². The van der Waals surface area contributed by atoms with E-state index in [1.54, 1.807) is 18.7 Å². The van der Waals surface area contributed by atoms with E-state index in [4.69, 9.17) is 4.74 Å².